The van der Waals surface area contributed by atoms with Gasteiger partial charge in [0.05, 0.1) is 6.54 Å². The van der Waals surface area contributed by atoms with Crippen LogP contribution < -0.4 is 5.32 Å². The molecule has 3 heteroatoms. The van der Waals surface area contributed by atoms with Crippen molar-refractivity contribution in [2.75, 3.05) is 13.1 Å². The molecule has 3 nitrogen and oxygen atoms in total. The van der Waals surface area contributed by atoms with Gasteiger partial charge in [0.1, 0.15) is 0 Å². The molecular weight excluding hydrogens is 212 g/mol. The lowest BCUT2D eigenvalue weighted by Crippen LogP contribution is -2.47. The van der Waals surface area contributed by atoms with Gasteiger partial charge in [0.15, 0.2) is 0 Å². The van der Waals surface area contributed by atoms with E-state index in [1.54, 1.807) is 0 Å². The number of hydrogen-bond acceptors (Lipinski definition) is 2. The average molecular weight is 232 g/mol. The minimum atomic E-state index is -0.0730. The zero-order valence-electron chi connectivity index (χ0n) is 10.6. The van der Waals surface area contributed by atoms with Crippen molar-refractivity contribution in [1.82, 2.24) is 10.2 Å². The predicted molar refractivity (Wildman–Crippen MR) is 68.6 cm³/mol. The van der Waals surface area contributed by atoms with Crippen molar-refractivity contribution in [2.45, 2.75) is 32.4 Å². The highest BCUT2D eigenvalue weighted by Crippen LogP contribution is 2.23. The van der Waals surface area contributed by atoms with Crippen LogP contribution in [-0.4, -0.2) is 29.4 Å². The zero-order valence-corrected chi connectivity index (χ0v) is 10.6. The summed E-state index contributed by atoms with van der Waals surface area (Å²) in [5, 5.41) is 3.18. The third-order valence-corrected chi connectivity index (χ3v) is 3.41. The molecule has 1 aromatic carbocycles. The molecule has 0 unspecified atom stereocenters. The van der Waals surface area contributed by atoms with Crippen LogP contribution in [0.1, 0.15) is 25.8 Å². The maximum atomic E-state index is 12.1. The number of carbonyl (C=O) groups excluding carboxylic acids is 1. The van der Waals surface area contributed by atoms with Gasteiger partial charge in [0, 0.05) is 12.1 Å². The highest BCUT2D eigenvalue weighted by atomic mass is 16.2. The number of carbonyl (C=O) groups is 1. The molecule has 1 heterocycles. The van der Waals surface area contributed by atoms with E-state index < -0.39 is 0 Å². The fraction of sp³-hybridized carbons (Fsp3) is 0.500. The molecule has 0 spiro atoms. The van der Waals surface area contributed by atoms with Gasteiger partial charge in [-0.2, -0.15) is 0 Å². The number of nitrogens with zero attached hydrogens (tertiary/aromatic N) is 1. The van der Waals surface area contributed by atoms with Crippen molar-refractivity contribution in [3.05, 3.63) is 35.9 Å². The Hall–Kier alpha value is -1.35. The summed E-state index contributed by atoms with van der Waals surface area (Å²) in [6, 6.07) is 10.2. The summed E-state index contributed by atoms with van der Waals surface area (Å²) in [4.78, 5) is 14.1. The van der Waals surface area contributed by atoms with Gasteiger partial charge in [-0.05, 0) is 32.4 Å². The Morgan fingerprint density at radius 1 is 1.29 bits per heavy atom. The average Bonchev–Trinajstić information content (AvgIpc) is 2.43. The van der Waals surface area contributed by atoms with E-state index in [9.17, 15) is 4.79 Å². The van der Waals surface area contributed by atoms with E-state index in [0.29, 0.717) is 13.1 Å². The van der Waals surface area contributed by atoms with Gasteiger partial charge in [-0.15, -0.1) is 0 Å². The van der Waals surface area contributed by atoms with Crippen molar-refractivity contribution >= 4 is 5.91 Å². The molecule has 2 rings (SSSR count). The summed E-state index contributed by atoms with van der Waals surface area (Å²) < 4.78 is 0. The van der Waals surface area contributed by atoms with Gasteiger partial charge >= 0.3 is 0 Å². The fourth-order valence-corrected chi connectivity index (χ4v) is 2.23. The Balaban J connectivity index is 2.18. The molecule has 17 heavy (non-hydrogen) atoms. The van der Waals surface area contributed by atoms with Crippen molar-refractivity contribution < 1.29 is 4.79 Å². The third-order valence-electron chi connectivity index (χ3n) is 3.41. The molecule has 0 radical (unpaired) electrons. The van der Waals surface area contributed by atoms with Crippen LogP contribution in [0.4, 0.5) is 0 Å². The van der Waals surface area contributed by atoms with E-state index in [1.807, 2.05) is 23.1 Å². The molecule has 0 aliphatic carbocycles. The van der Waals surface area contributed by atoms with Crippen LogP contribution in [-0.2, 0) is 11.3 Å². The lowest BCUT2D eigenvalue weighted by molar-refractivity contribution is -0.135. The Morgan fingerprint density at radius 2 is 2.00 bits per heavy atom. The molecule has 1 fully saturated rings. The summed E-state index contributed by atoms with van der Waals surface area (Å²) >= 11 is 0. The normalized spacial score (nSPS) is 20.1. The molecule has 1 aliphatic heterocycles. The molecule has 0 bridgehead atoms. The second-order valence-electron chi connectivity index (χ2n) is 5.20. The molecule has 1 saturated heterocycles. The maximum absolute atomic E-state index is 12.1. The second-order valence-corrected chi connectivity index (χ2v) is 5.20. The van der Waals surface area contributed by atoms with E-state index in [-0.39, 0.29) is 11.4 Å². The number of hydrogen-bond donors (Lipinski definition) is 1. The van der Waals surface area contributed by atoms with E-state index in [1.165, 1.54) is 5.56 Å². The molecule has 0 aromatic heterocycles. The van der Waals surface area contributed by atoms with Gasteiger partial charge in [-0.3, -0.25) is 4.79 Å². The number of amides is 1. The zero-order chi connectivity index (χ0) is 12.3. The Morgan fingerprint density at radius 3 is 2.71 bits per heavy atom. The molecule has 92 valence electrons. The summed E-state index contributed by atoms with van der Waals surface area (Å²) in [5.41, 5.74) is 1.12. The molecule has 1 N–H and O–H groups in total. The van der Waals surface area contributed by atoms with Crippen LogP contribution in [0.5, 0.6) is 0 Å². The highest BCUT2D eigenvalue weighted by Gasteiger charge is 2.32. The minimum absolute atomic E-state index is 0.0730. The number of nitrogens with one attached hydrogen (secondary N) is 1. The Kier molecular flexibility index (Phi) is 3.48. The molecule has 0 atom stereocenters. The molecular formula is C14H20N2O. The van der Waals surface area contributed by atoms with Crippen LogP contribution in [0, 0.1) is 0 Å². The summed E-state index contributed by atoms with van der Waals surface area (Å²) in [6.45, 7) is 6.34. The van der Waals surface area contributed by atoms with Crippen LogP contribution in [0.2, 0.25) is 0 Å². The van der Waals surface area contributed by atoms with E-state index >= 15 is 0 Å². The van der Waals surface area contributed by atoms with Gasteiger partial charge in [-0.25, -0.2) is 0 Å². The number of benzene rings is 1. The van der Waals surface area contributed by atoms with E-state index in [2.05, 4.69) is 31.3 Å². The SMILES string of the molecule is CC1(C)CCNCC(=O)N1Cc1ccccc1. The highest BCUT2D eigenvalue weighted by molar-refractivity contribution is 5.79. The van der Waals surface area contributed by atoms with Gasteiger partial charge in [0.2, 0.25) is 5.91 Å². The smallest absolute Gasteiger partial charge is 0.237 e. The first-order chi connectivity index (χ1) is 8.09. The lowest BCUT2D eigenvalue weighted by Gasteiger charge is -2.37. The lowest BCUT2D eigenvalue weighted by atomic mass is 9.97. The third kappa shape index (κ3) is 2.86. The first kappa shape index (κ1) is 12.1. The monoisotopic (exact) mass is 232 g/mol. The summed E-state index contributed by atoms with van der Waals surface area (Å²) in [5.74, 6) is 0.191. The molecule has 0 saturated carbocycles. The van der Waals surface area contributed by atoms with Gasteiger partial charge < -0.3 is 10.2 Å². The van der Waals surface area contributed by atoms with Gasteiger partial charge in [0.25, 0.3) is 0 Å². The quantitative estimate of drug-likeness (QED) is 0.843. The fourth-order valence-electron chi connectivity index (χ4n) is 2.23. The second kappa shape index (κ2) is 4.88. The molecule has 1 aromatic rings. The first-order valence-electron chi connectivity index (χ1n) is 6.15. The van der Waals surface area contributed by atoms with Crippen molar-refractivity contribution in [1.29, 1.82) is 0 Å². The Bertz CT molecular complexity index is 386. The van der Waals surface area contributed by atoms with E-state index in [0.717, 1.165) is 13.0 Å². The van der Waals surface area contributed by atoms with Crippen LogP contribution in [0.25, 0.3) is 0 Å². The standard InChI is InChI=1S/C14H20N2O/c1-14(2)8-9-15-10-13(17)16(14)11-12-6-4-3-5-7-12/h3-7,15H,8-11H2,1-2H3. The minimum Gasteiger partial charge on any atom is -0.332 e. The van der Waals surface area contributed by atoms with E-state index in [4.69, 9.17) is 0 Å². The predicted octanol–water partition coefficient (Wildman–Crippen LogP) is 1.79. The van der Waals surface area contributed by atoms with Crippen LogP contribution in [0.3, 0.4) is 0 Å². The first-order valence-corrected chi connectivity index (χ1v) is 6.15. The van der Waals surface area contributed by atoms with Crippen molar-refractivity contribution in [2.24, 2.45) is 0 Å². The van der Waals surface area contributed by atoms with Crippen LogP contribution >= 0.6 is 0 Å². The maximum Gasteiger partial charge on any atom is 0.237 e. The van der Waals surface area contributed by atoms with Crippen molar-refractivity contribution in [3.8, 4) is 0 Å². The number of rotatable bonds is 2. The molecule has 1 amide bonds. The van der Waals surface area contributed by atoms with Crippen molar-refractivity contribution in [3.63, 3.8) is 0 Å². The largest absolute Gasteiger partial charge is 0.332 e. The Labute approximate surface area is 103 Å². The van der Waals surface area contributed by atoms with Gasteiger partial charge in [-0.1, -0.05) is 30.3 Å². The summed E-state index contributed by atoms with van der Waals surface area (Å²) in [6.07, 6.45) is 0.992. The van der Waals surface area contributed by atoms with Crippen LogP contribution in [0.15, 0.2) is 30.3 Å². The molecule has 1 aliphatic rings. The summed E-state index contributed by atoms with van der Waals surface area (Å²) in [7, 11) is 0. The topological polar surface area (TPSA) is 32.3 Å².